The fourth-order valence-corrected chi connectivity index (χ4v) is 2.65. The van der Waals surface area contributed by atoms with E-state index in [0.29, 0.717) is 16.6 Å². The molecule has 3 rings (SSSR count). The molecule has 3 aromatic rings. The van der Waals surface area contributed by atoms with Gasteiger partial charge in [0.05, 0.1) is 23.3 Å². The van der Waals surface area contributed by atoms with Gasteiger partial charge in [-0.25, -0.2) is 24.5 Å². The quantitative estimate of drug-likeness (QED) is 0.674. The molecule has 30 heavy (non-hydrogen) atoms. The number of carbonyl (C=O) groups excluding carboxylic acids is 1. The number of fused-ring (bicyclic) bond motifs is 1. The zero-order valence-corrected chi connectivity index (χ0v) is 17.1. The minimum absolute atomic E-state index is 0.168. The van der Waals surface area contributed by atoms with Crippen LogP contribution in [-0.2, 0) is 11.3 Å². The zero-order valence-electron chi connectivity index (χ0n) is 17.1. The van der Waals surface area contributed by atoms with Crippen LogP contribution < -0.4 is 4.74 Å². The third-order valence-electron chi connectivity index (χ3n) is 3.95. The van der Waals surface area contributed by atoms with Gasteiger partial charge in [0.25, 0.3) is 0 Å². The average molecular weight is 410 g/mol. The van der Waals surface area contributed by atoms with Gasteiger partial charge in [-0.05, 0) is 39.0 Å². The fraction of sp³-hybridized carbons (Fsp3) is 0.286. The Kier molecular flexibility index (Phi) is 5.81. The van der Waals surface area contributed by atoms with Gasteiger partial charge in [-0.2, -0.15) is 0 Å². The van der Waals surface area contributed by atoms with Crippen molar-refractivity contribution in [3.05, 3.63) is 54.0 Å². The first-order valence-electron chi connectivity index (χ1n) is 9.18. The Morgan fingerprint density at radius 3 is 2.57 bits per heavy atom. The van der Waals surface area contributed by atoms with Crippen molar-refractivity contribution in [3.8, 4) is 11.8 Å². The monoisotopic (exact) mass is 410 g/mol. The summed E-state index contributed by atoms with van der Waals surface area (Å²) in [4.78, 5) is 37.4. The van der Waals surface area contributed by atoms with Crippen LogP contribution in [0.5, 0.6) is 11.8 Å². The van der Waals surface area contributed by atoms with Crippen LogP contribution in [0.2, 0.25) is 0 Å². The van der Waals surface area contributed by atoms with E-state index in [4.69, 9.17) is 9.47 Å². The minimum atomic E-state index is -1.02. The topological polar surface area (TPSA) is 115 Å². The minimum Gasteiger partial charge on any atom is -0.478 e. The molecule has 1 N–H and O–H groups in total. The largest absolute Gasteiger partial charge is 0.478 e. The highest BCUT2D eigenvalue weighted by Gasteiger charge is 2.20. The van der Waals surface area contributed by atoms with Gasteiger partial charge in [0, 0.05) is 24.6 Å². The number of rotatable bonds is 5. The summed E-state index contributed by atoms with van der Waals surface area (Å²) in [6.45, 7) is 5.60. The van der Waals surface area contributed by atoms with Crippen molar-refractivity contribution in [2.75, 3.05) is 7.05 Å². The molecule has 0 aliphatic heterocycles. The van der Waals surface area contributed by atoms with E-state index in [1.165, 1.54) is 17.3 Å². The number of nitrogens with zero attached hydrogens (tertiary/aromatic N) is 4. The van der Waals surface area contributed by atoms with Crippen molar-refractivity contribution in [1.29, 1.82) is 0 Å². The third-order valence-corrected chi connectivity index (χ3v) is 3.95. The number of benzene rings is 1. The first-order valence-corrected chi connectivity index (χ1v) is 9.18. The lowest BCUT2D eigenvalue weighted by Gasteiger charge is -2.24. The van der Waals surface area contributed by atoms with Gasteiger partial charge in [0.15, 0.2) is 0 Å². The van der Waals surface area contributed by atoms with Crippen LogP contribution in [0.1, 0.15) is 36.8 Å². The lowest BCUT2D eigenvalue weighted by molar-refractivity contribution is 0.0282. The van der Waals surface area contributed by atoms with Gasteiger partial charge in [-0.1, -0.05) is 6.07 Å². The molecule has 0 saturated carbocycles. The number of ether oxygens (including phenoxy) is 2. The Bertz CT molecular complexity index is 1090. The molecule has 0 aliphatic carbocycles. The van der Waals surface area contributed by atoms with Crippen LogP contribution in [0, 0.1) is 0 Å². The summed E-state index contributed by atoms with van der Waals surface area (Å²) in [5.41, 5.74) is 0.628. The van der Waals surface area contributed by atoms with E-state index in [0.717, 1.165) is 0 Å². The number of aromatic carboxylic acids is 1. The number of aromatic nitrogens is 3. The Balaban J connectivity index is 1.75. The number of carbonyl (C=O) groups is 2. The van der Waals surface area contributed by atoms with Crippen LogP contribution >= 0.6 is 0 Å². The van der Waals surface area contributed by atoms with Crippen molar-refractivity contribution in [3.63, 3.8) is 0 Å². The lowest BCUT2D eigenvalue weighted by Crippen LogP contribution is -2.34. The normalized spacial score (nSPS) is 11.2. The summed E-state index contributed by atoms with van der Waals surface area (Å²) < 4.78 is 11.0. The summed E-state index contributed by atoms with van der Waals surface area (Å²) >= 11 is 0. The second kappa shape index (κ2) is 8.32. The van der Waals surface area contributed by atoms with E-state index < -0.39 is 17.7 Å². The molecule has 0 radical (unpaired) electrons. The fourth-order valence-electron chi connectivity index (χ4n) is 2.65. The van der Waals surface area contributed by atoms with Crippen molar-refractivity contribution in [2.24, 2.45) is 0 Å². The van der Waals surface area contributed by atoms with Crippen LogP contribution in [-0.4, -0.2) is 49.7 Å². The van der Waals surface area contributed by atoms with Gasteiger partial charge in [0.2, 0.25) is 11.8 Å². The van der Waals surface area contributed by atoms with Gasteiger partial charge >= 0.3 is 12.1 Å². The van der Waals surface area contributed by atoms with Crippen molar-refractivity contribution in [2.45, 2.75) is 32.9 Å². The van der Waals surface area contributed by atoms with Crippen LogP contribution in [0.4, 0.5) is 4.79 Å². The van der Waals surface area contributed by atoms with Crippen molar-refractivity contribution < 1.29 is 24.2 Å². The van der Waals surface area contributed by atoms with Crippen LogP contribution in [0.3, 0.4) is 0 Å². The molecular weight excluding hydrogens is 388 g/mol. The number of pyridine rings is 1. The van der Waals surface area contributed by atoms with E-state index >= 15 is 0 Å². The van der Waals surface area contributed by atoms with Gasteiger partial charge in [-0.3, -0.25) is 0 Å². The molecule has 9 heteroatoms. The standard InChI is InChI=1S/C21H22N4O5/c1-21(2,3)30-20(28)25(4)11-13-10-18(23-12-22-13)29-17-9-8-14-15(19(26)27)6-5-7-16(14)24-17/h5-10,12H,11H2,1-4H3,(H,26,27). The zero-order chi connectivity index (χ0) is 21.9. The molecule has 2 heterocycles. The van der Waals surface area contributed by atoms with Crippen LogP contribution in [0.25, 0.3) is 10.9 Å². The molecule has 9 nitrogen and oxygen atoms in total. The second-order valence-electron chi connectivity index (χ2n) is 7.61. The summed E-state index contributed by atoms with van der Waals surface area (Å²) in [6, 6.07) is 9.65. The number of hydrogen-bond acceptors (Lipinski definition) is 7. The first kappa shape index (κ1) is 21.0. The molecule has 0 unspecified atom stereocenters. The number of carboxylic acid groups (broad SMARTS) is 1. The molecule has 156 valence electrons. The van der Waals surface area contributed by atoms with E-state index in [1.54, 1.807) is 58.2 Å². The van der Waals surface area contributed by atoms with E-state index in [1.807, 2.05) is 0 Å². The second-order valence-corrected chi connectivity index (χ2v) is 7.61. The van der Waals surface area contributed by atoms with Gasteiger partial charge in [-0.15, -0.1) is 0 Å². The highest BCUT2D eigenvalue weighted by atomic mass is 16.6. The molecule has 1 aromatic carbocycles. The van der Waals surface area contributed by atoms with Crippen molar-refractivity contribution in [1.82, 2.24) is 19.9 Å². The Morgan fingerprint density at radius 1 is 1.10 bits per heavy atom. The summed E-state index contributed by atoms with van der Waals surface area (Å²) in [5, 5.41) is 9.79. The maximum atomic E-state index is 12.1. The maximum absolute atomic E-state index is 12.1. The van der Waals surface area contributed by atoms with E-state index in [-0.39, 0.29) is 23.9 Å². The van der Waals surface area contributed by atoms with E-state index in [9.17, 15) is 14.7 Å². The highest BCUT2D eigenvalue weighted by Crippen LogP contribution is 2.24. The molecule has 0 atom stereocenters. The molecule has 1 amide bonds. The molecule has 0 fully saturated rings. The SMILES string of the molecule is CN(Cc1cc(Oc2ccc3c(C(=O)O)cccc3n2)ncn1)C(=O)OC(C)(C)C. The molecule has 0 aliphatic rings. The van der Waals surface area contributed by atoms with Gasteiger partial charge < -0.3 is 19.5 Å². The smallest absolute Gasteiger partial charge is 0.410 e. The van der Waals surface area contributed by atoms with Crippen LogP contribution in [0.15, 0.2) is 42.7 Å². The molecule has 2 aromatic heterocycles. The van der Waals surface area contributed by atoms with Gasteiger partial charge in [0.1, 0.15) is 11.9 Å². The average Bonchev–Trinajstić information content (AvgIpc) is 2.66. The predicted molar refractivity (Wildman–Crippen MR) is 109 cm³/mol. The lowest BCUT2D eigenvalue weighted by atomic mass is 10.1. The molecule has 0 spiro atoms. The Hall–Kier alpha value is -3.75. The third kappa shape index (κ3) is 5.19. The molecule has 0 saturated heterocycles. The molecular formula is C21H22N4O5. The molecule has 0 bridgehead atoms. The number of carboxylic acids is 1. The Morgan fingerprint density at radius 2 is 1.87 bits per heavy atom. The highest BCUT2D eigenvalue weighted by molar-refractivity contribution is 6.02. The summed E-state index contributed by atoms with van der Waals surface area (Å²) in [6.07, 6.45) is 0.867. The summed E-state index contributed by atoms with van der Waals surface area (Å²) in [7, 11) is 1.61. The number of hydrogen-bond donors (Lipinski definition) is 1. The first-order chi connectivity index (χ1) is 14.1. The number of amides is 1. The maximum Gasteiger partial charge on any atom is 0.410 e. The Labute approximate surface area is 173 Å². The van der Waals surface area contributed by atoms with E-state index in [2.05, 4.69) is 15.0 Å². The van der Waals surface area contributed by atoms with Crippen molar-refractivity contribution >= 4 is 23.0 Å². The predicted octanol–water partition coefficient (Wildman–Crippen LogP) is 3.88. The summed E-state index contributed by atoms with van der Waals surface area (Å²) in [5.74, 6) is -0.514.